The van der Waals surface area contributed by atoms with Crippen LogP contribution in [0.2, 0.25) is 0 Å². The standard InChI is InChI=1S/C33H36IN5O4/c1-2-15-37(33(41)35-20-25-11-7-4-8-12-25)38-23-31(40)39-27(18-24-9-5-3-6-10-24)32(34)36(22-30(38)39)21-26-13-14-28-29(19-26)43-17-16-42-28/h2-14,19,27,30,32H,1,15-18,20-23H2,(H,35,41)/t27-,30+,32?/m0/s1. The Morgan fingerprint density at radius 1 is 0.977 bits per heavy atom. The Morgan fingerprint density at radius 2 is 1.67 bits per heavy atom. The zero-order valence-corrected chi connectivity index (χ0v) is 26.1. The maximum atomic E-state index is 13.7. The Bertz CT molecular complexity index is 1440. The number of halogens is 1. The van der Waals surface area contributed by atoms with E-state index in [1.54, 1.807) is 11.1 Å². The molecule has 3 aliphatic heterocycles. The first-order chi connectivity index (χ1) is 21.0. The van der Waals surface area contributed by atoms with Crippen LogP contribution in [0, 0.1) is 0 Å². The van der Waals surface area contributed by atoms with Crippen LogP contribution in [-0.4, -0.2) is 80.9 Å². The van der Waals surface area contributed by atoms with Gasteiger partial charge in [-0.25, -0.2) is 4.79 Å². The summed E-state index contributed by atoms with van der Waals surface area (Å²) in [6.07, 6.45) is 2.10. The number of nitrogens with zero attached hydrogens (tertiary/aromatic N) is 4. The Kier molecular flexibility index (Phi) is 9.15. The summed E-state index contributed by atoms with van der Waals surface area (Å²) in [5, 5.41) is 6.59. The fraction of sp³-hybridized carbons (Fsp3) is 0.333. The van der Waals surface area contributed by atoms with Crippen molar-refractivity contribution in [3.05, 3.63) is 108 Å². The number of nitrogens with one attached hydrogen (secondary N) is 1. The number of amides is 3. The molecule has 0 aliphatic carbocycles. The van der Waals surface area contributed by atoms with E-state index < -0.39 is 0 Å². The van der Waals surface area contributed by atoms with Crippen LogP contribution in [0.25, 0.3) is 0 Å². The summed E-state index contributed by atoms with van der Waals surface area (Å²) in [6, 6.07) is 25.8. The van der Waals surface area contributed by atoms with Gasteiger partial charge >= 0.3 is 6.03 Å². The summed E-state index contributed by atoms with van der Waals surface area (Å²) < 4.78 is 11.6. The van der Waals surface area contributed by atoms with E-state index in [-0.39, 0.29) is 41.3 Å². The fourth-order valence-corrected chi connectivity index (χ4v) is 7.10. The highest BCUT2D eigenvalue weighted by molar-refractivity contribution is 14.1. The number of rotatable bonds is 9. The maximum absolute atomic E-state index is 13.7. The maximum Gasteiger partial charge on any atom is 0.332 e. The first-order valence-corrected chi connectivity index (χ1v) is 15.8. The average Bonchev–Trinajstić information content (AvgIpc) is 3.36. The quantitative estimate of drug-likeness (QED) is 0.155. The van der Waals surface area contributed by atoms with Crippen LogP contribution in [0.4, 0.5) is 4.79 Å². The molecule has 43 heavy (non-hydrogen) atoms. The van der Waals surface area contributed by atoms with Crippen molar-refractivity contribution < 1.29 is 19.1 Å². The first-order valence-electron chi connectivity index (χ1n) is 14.6. The van der Waals surface area contributed by atoms with Gasteiger partial charge in [-0.2, -0.15) is 5.01 Å². The molecule has 224 valence electrons. The van der Waals surface area contributed by atoms with E-state index >= 15 is 0 Å². The summed E-state index contributed by atoms with van der Waals surface area (Å²) in [4.78, 5) is 31.7. The molecule has 3 aliphatic rings. The zero-order chi connectivity index (χ0) is 29.8. The molecule has 0 bridgehead atoms. The molecular weight excluding hydrogens is 657 g/mol. The number of hydrogen-bond acceptors (Lipinski definition) is 6. The predicted molar refractivity (Wildman–Crippen MR) is 173 cm³/mol. The highest BCUT2D eigenvalue weighted by Crippen LogP contribution is 2.37. The fourth-order valence-electron chi connectivity index (χ4n) is 6.07. The van der Waals surface area contributed by atoms with Crippen molar-refractivity contribution in [1.29, 1.82) is 0 Å². The van der Waals surface area contributed by atoms with E-state index in [4.69, 9.17) is 9.47 Å². The minimum Gasteiger partial charge on any atom is -0.486 e. The molecule has 10 heteroatoms. The smallest absolute Gasteiger partial charge is 0.332 e. The highest BCUT2D eigenvalue weighted by Gasteiger charge is 2.51. The molecule has 6 rings (SSSR count). The van der Waals surface area contributed by atoms with Crippen LogP contribution >= 0.6 is 22.6 Å². The number of piperazine rings is 1. The van der Waals surface area contributed by atoms with Crippen LogP contribution in [-0.2, 0) is 24.3 Å². The Balaban J connectivity index is 1.27. The largest absolute Gasteiger partial charge is 0.486 e. The molecule has 0 saturated carbocycles. The second-order valence-electron chi connectivity index (χ2n) is 10.9. The molecule has 3 heterocycles. The van der Waals surface area contributed by atoms with Gasteiger partial charge in [-0.1, -0.05) is 95.4 Å². The summed E-state index contributed by atoms with van der Waals surface area (Å²) in [5.41, 5.74) is 3.29. The van der Waals surface area contributed by atoms with Crippen molar-refractivity contribution >= 4 is 34.5 Å². The third kappa shape index (κ3) is 6.51. The number of ether oxygens (including phenoxy) is 2. The minimum atomic E-state index is -0.313. The molecular formula is C33H36IN5O4. The molecule has 1 unspecified atom stereocenters. The van der Waals surface area contributed by atoms with Crippen LogP contribution in [0.1, 0.15) is 16.7 Å². The van der Waals surface area contributed by atoms with Crippen molar-refractivity contribution in [2.75, 3.05) is 32.8 Å². The van der Waals surface area contributed by atoms with Crippen molar-refractivity contribution in [2.24, 2.45) is 0 Å². The summed E-state index contributed by atoms with van der Waals surface area (Å²) in [5.74, 6) is 1.55. The van der Waals surface area contributed by atoms with Crippen LogP contribution in [0.15, 0.2) is 91.5 Å². The van der Waals surface area contributed by atoms with Gasteiger partial charge in [-0.05, 0) is 35.2 Å². The Hall–Kier alpha value is -3.61. The Morgan fingerprint density at radius 3 is 2.40 bits per heavy atom. The SMILES string of the molecule is C=CCN(C(=O)NCc1ccccc1)N1CC(=O)N2[C@@H](Cc3ccccc3)C(I)N(Cc3ccc4c(c3)OCCO4)C[C@@H]21. The lowest BCUT2D eigenvalue weighted by Crippen LogP contribution is -2.66. The van der Waals surface area contributed by atoms with Gasteiger partial charge in [0.1, 0.15) is 19.4 Å². The molecule has 3 atom stereocenters. The second-order valence-corrected chi connectivity index (χ2v) is 12.2. The number of hydrogen-bond donors (Lipinski definition) is 1. The van der Waals surface area contributed by atoms with E-state index in [1.165, 1.54) is 5.56 Å². The third-order valence-corrected chi connectivity index (χ3v) is 9.70. The molecule has 0 spiro atoms. The monoisotopic (exact) mass is 693 g/mol. The average molecular weight is 694 g/mol. The number of carbonyl (C=O) groups excluding carboxylic acids is 2. The zero-order valence-electron chi connectivity index (χ0n) is 24.0. The van der Waals surface area contributed by atoms with Gasteiger partial charge in [-0.3, -0.25) is 14.7 Å². The van der Waals surface area contributed by atoms with Gasteiger partial charge in [0.2, 0.25) is 5.91 Å². The third-order valence-electron chi connectivity index (χ3n) is 8.08. The van der Waals surface area contributed by atoms with Crippen LogP contribution < -0.4 is 14.8 Å². The second kappa shape index (κ2) is 13.4. The van der Waals surface area contributed by atoms with Crippen LogP contribution in [0.3, 0.4) is 0 Å². The van der Waals surface area contributed by atoms with Gasteiger partial charge < -0.3 is 19.7 Å². The normalized spacial score (nSPS) is 21.7. The van der Waals surface area contributed by atoms with Gasteiger partial charge in [0.15, 0.2) is 11.5 Å². The van der Waals surface area contributed by atoms with Crippen molar-refractivity contribution in [1.82, 2.24) is 25.1 Å². The molecule has 9 nitrogen and oxygen atoms in total. The van der Waals surface area contributed by atoms with Crippen molar-refractivity contribution in [3.63, 3.8) is 0 Å². The molecule has 3 amide bonds. The molecule has 1 N–H and O–H groups in total. The van der Waals surface area contributed by atoms with E-state index in [0.29, 0.717) is 39.3 Å². The van der Waals surface area contributed by atoms with E-state index in [9.17, 15) is 9.59 Å². The van der Waals surface area contributed by atoms with Gasteiger partial charge in [0, 0.05) is 19.6 Å². The first kappa shape index (κ1) is 29.5. The van der Waals surface area contributed by atoms with E-state index in [2.05, 4.69) is 63.7 Å². The predicted octanol–water partition coefficient (Wildman–Crippen LogP) is 4.43. The number of benzene rings is 3. The van der Waals surface area contributed by atoms with Crippen molar-refractivity contribution in [3.8, 4) is 11.5 Å². The number of alkyl halides is 1. The van der Waals surface area contributed by atoms with Crippen molar-refractivity contribution in [2.45, 2.75) is 35.8 Å². The number of fused-ring (bicyclic) bond motifs is 2. The van der Waals surface area contributed by atoms with E-state index in [1.807, 2.05) is 64.5 Å². The van der Waals surface area contributed by atoms with Gasteiger partial charge in [0.05, 0.1) is 23.2 Å². The van der Waals surface area contributed by atoms with Crippen LogP contribution in [0.5, 0.6) is 11.5 Å². The minimum absolute atomic E-state index is 0.0245. The number of urea groups is 1. The lowest BCUT2D eigenvalue weighted by molar-refractivity contribution is -0.135. The molecule has 0 radical (unpaired) electrons. The summed E-state index contributed by atoms with van der Waals surface area (Å²) in [6.45, 7) is 7.06. The molecule has 3 aromatic carbocycles. The summed E-state index contributed by atoms with van der Waals surface area (Å²) >= 11 is 2.49. The lowest BCUT2D eigenvalue weighted by atomic mass is 10.0. The molecule has 3 aromatic rings. The molecule has 2 fully saturated rings. The molecule has 2 saturated heterocycles. The highest BCUT2D eigenvalue weighted by atomic mass is 127. The van der Waals surface area contributed by atoms with E-state index in [0.717, 1.165) is 22.6 Å². The lowest BCUT2D eigenvalue weighted by Gasteiger charge is -2.49. The Labute approximate surface area is 266 Å². The van der Waals surface area contributed by atoms with Gasteiger partial charge in [0.25, 0.3) is 0 Å². The van der Waals surface area contributed by atoms with Gasteiger partial charge in [-0.15, -0.1) is 6.58 Å². The number of hydrazine groups is 1. The summed E-state index contributed by atoms with van der Waals surface area (Å²) in [7, 11) is 0. The molecule has 0 aromatic heterocycles. The topological polar surface area (TPSA) is 77.6 Å². The number of carbonyl (C=O) groups is 2.